The summed E-state index contributed by atoms with van der Waals surface area (Å²) in [5, 5.41) is 0. The second-order valence-electron chi connectivity index (χ2n) is 4.24. The van der Waals surface area contributed by atoms with Gasteiger partial charge < -0.3 is 5.73 Å². The molecule has 16 heavy (non-hydrogen) atoms. The van der Waals surface area contributed by atoms with E-state index in [1.54, 1.807) is 24.3 Å². The Morgan fingerprint density at radius 3 is 2.31 bits per heavy atom. The van der Waals surface area contributed by atoms with E-state index in [0.29, 0.717) is 10.6 Å². The summed E-state index contributed by atoms with van der Waals surface area (Å²) in [6.45, 7) is 4.03. The van der Waals surface area contributed by atoms with Gasteiger partial charge in [0.1, 0.15) is 0 Å². The molecular formula is C12H19NO2S. The Morgan fingerprint density at radius 2 is 1.81 bits per heavy atom. The first-order chi connectivity index (χ1) is 7.45. The van der Waals surface area contributed by atoms with Crippen LogP contribution >= 0.6 is 0 Å². The average molecular weight is 241 g/mol. The molecule has 1 atom stereocenters. The molecule has 0 radical (unpaired) electrons. The lowest BCUT2D eigenvalue weighted by molar-refractivity contribution is 0.545. The molecule has 0 heterocycles. The van der Waals surface area contributed by atoms with E-state index in [-0.39, 0.29) is 11.7 Å². The highest BCUT2D eigenvalue weighted by molar-refractivity contribution is 7.91. The van der Waals surface area contributed by atoms with Crippen LogP contribution in [0.5, 0.6) is 0 Å². The van der Waals surface area contributed by atoms with Crippen molar-refractivity contribution in [1.29, 1.82) is 0 Å². The zero-order chi connectivity index (χ0) is 12.2. The van der Waals surface area contributed by atoms with Crippen molar-refractivity contribution in [3.05, 3.63) is 24.3 Å². The molecule has 0 bridgehead atoms. The quantitative estimate of drug-likeness (QED) is 0.806. The third kappa shape index (κ3) is 3.52. The first kappa shape index (κ1) is 13.0. The molecule has 0 aliphatic carbocycles. The third-order valence-electron chi connectivity index (χ3n) is 2.52. The summed E-state index contributed by atoms with van der Waals surface area (Å²) in [6.07, 6.45) is 1.95. The second kappa shape index (κ2) is 5.34. The van der Waals surface area contributed by atoms with Gasteiger partial charge in [0.25, 0.3) is 0 Å². The normalized spacial score (nSPS) is 13.6. The SMILES string of the molecule is CCCC(C)CS(=O)(=O)c1ccc(N)cc1. The fourth-order valence-electron chi connectivity index (χ4n) is 1.72. The summed E-state index contributed by atoms with van der Waals surface area (Å²) in [6, 6.07) is 6.39. The Balaban J connectivity index is 2.82. The van der Waals surface area contributed by atoms with Gasteiger partial charge in [0.15, 0.2) is 9.84 Å². The Hall–Kier alpha value is -1.03. The van der Waals surface area contributed by atoms with Crippen LogP contribution in [0.1, 0.15) is 26.7 Å². The van der Waals surface area contributed by atoms with E-state index in [0.717, 1.165) is 12.8 Å². The van der Waals surface area contributed by atoms with E-state index < -0.39 is 9.84 Å². The van der Waals surface area contributed by atoms with Crippen molar-refractivity contribution in [2.24, 2.45) is 5.92 Å². The molecule has 0 aromatic heterocycles. The fourth-order valence-corrected chi connectivity index (χ4v) is 3.38. The van der Waals surface area contributed by atoms with Crippen molar-refractivity contribution in [3.8, 4) is 0 Å². The van der Waals surface area contributed by atoms with E-state index in [1.807, 2.05) is 6.92 Å². The predicted molar refractivity (Wildman–Crippen MR) is 67.0 cm³/mol. The highest BCUT2D eigenvalue weighted by atomic mass is 32.2. The maximum absolute atomic E-state index is 12.0. The summed E-state index contributed by atoms with van der Waals surface area (Å²) in [7, 11) is -3.15. The van der Waals surface area contributed by atoms with Gasteiger partial charge in [0.05, 0.1) is 10.6 Å². The van der Waals surface area contributed by atoms with Gasteiger partial charge in [0, 0.05) is 5.69 Å². The van der Waals surface area contributed by atoms with Crippen molar-refractivity contribution >= 4 is 15.5 Å². The molecule has 1 unspecified atom stereocenters. The summed E-state index contributed by atoms with van der Waals surface area (Å²) in [4.78, 5) is 0.365. The van der Waals surface area contributed by atoms with Crippen LogP contribution in [0.15, 0.2) is 29.2 Å². The monoisotopic (exact) mass is 241 g/mol. The molecule has 0 saturated carbocycles. The molecule has 90 valence electrons. The number of benzene rings is 1. The molecule has 3 nitrogen and oxygen atoms in total. The maximum Gasteiger partial charge on any atom is 0.178 e. The molecule has 2 N–H and O–H groups in total. The van der Waals surface area contributed by atoms with Crippen LogP contribution in [-0.4, -0.2) is 14.2 Å². The van der Waals surface area contributed by atoms with E-state index in [9.17, 15) is 8.42 Å². The van der Waals surface area contributed by atoms with Crippen molar-refractivity contribution in [2.75, 3.05) is 11.5 Å². The molecule has 1 aromatic rings. The van der Waals surface area contributed by atoms with Crippen molar-refractivity contribution in [2.45, 2.75) is 31.6 Å². The molecule has 1 rings (SSSR count). The van der Waals surface area contributed by atoms with Crippen LogP contribution in [0, 0.1) is 5.92 Å². The summed E-state index contributed by atoms with van der Waals surface area (Å²) in [5.41, 5.74) is 6.11. The predicted octanol–water partition coefficient (Wildman–Crippen LogP) is 2.48. The molecule has 1 aromatic carbocycles. The highest BCUT2D eigenvalue weighted by Crippen LogP contribution is 2.17. The van der Waals surface area contributed by atoms with Gasteiger partial charge in [-0.3, -0.25) is 0 Å². The first-order valence-electron chi connectivity index (χ1n) is 5.54. The van der Waals surface area contributed by atoms with Crippen molar-refractivity contribution in [3.63, 3.8) is 0 Å². The molecular weight excluding hydrogens is 222 g/mol. The van der Waals surface area contributed by atoms with Gasteiger partial charge >= 0.3 is 0 Å². The molecule has 0 amide bonds. The van der Waals surface area contributed by atoms with Crippen LogP contribution in [0.4, 0.5) is 5.69 Å². The number of sulfone groups is 1. The van der Waals surface area contributed by atoms with E-state index >= 15 is 0 Å². The molecule has 4 heteroatoms. The van der Waals surface area contributed by atoms with Gasteiger partial charge in [-0.05, 0) is 36.6 Å². The molecule has 0 spiro atoms. The Kier molecular flexibility index (Phi) is 4.35. The van der Waals surface area contributed by atoms with Crippen molar-refractivity contribution < 1.29 is 8.42 Å². The number of nitrogen functional groups attached to an aromatic ring is 1. The summed E-state index contributed by atoms with van der Waals surface area (Å²) in [5.74, 6) is 0.414. The minimum atomic E-state index is -3.15. The summed E-state index contributed by atoms with van der Waals surface area (Å²) < 4.78 is 24.0. The Bertz CT molecular complexity index is 423. The van der Waals surface area contributed by atoms with Crippen LogP contribution < -0.4 is 5.73 Å². The van der Waals surface area contributed by atoms with Gasteiger partial charge in [-0.25, -0.2) is 8.42 Å². The average Bonchev–Trinajstić information content (AvgIpc) is 2.17. The van der Waals surface area contributed by atoms with Crippen LogP contribution in [0.2, 0.25) is 0 Å². The largest absolute Gasteiger partial charge is 0.399 e. The minimum Gasteiger partial charge on any atom is -0.399 e. The lowest BCUT2D eigenvalue weighted by Crippen LogP contribution is -2.14. The minimum absolute atomic E-state index is 0.201. The van der Waals surface area contributed by atoms with E-state index in [2.05, 4.69) is 6.92 Å². The van der Waals surface area contributed by atoms with Gasteiger partial charge in [-0.1, -0.05) is 20.3 Å². The molecule has 0 saturated heterocycles. The van der Waals surface area contributed by atoms with Gasteiger partial charge in [0.2, 0.25) is 0 Å². The summed E-state index contributed by atoms with van der Waals surface area (Å²) >= 11 is 0. The maximum atomic E-state index is 12.0. The van der Waals surface area contributed by atoms with E-state index in [4.69, 9.17) is 5.73 Å². The van der Waals surface area contributed by atoms with Gasteiger partial charge in [-0.2, -0.15) is 0 Å². The third-order valence-corrected chi connectivity index (χ3v) is 4.52. The second-order valence-corrected chi connectivity index (χ2v) is 6.28. The highest BCUT2D eigenvalue weighted by Gasteiger charge is 2.17. The van der Waals surface area contributed by atoms with Crippen molar-refractivity contribution in [1.82, 2.24) is 0 Å². The zero-order valence-electron chi connectivity index (χ0n) is 9.81. The lowest BCUT2D eigenvalue weighted by Gasteiger charge is -2.10. The van der Waals surface area contributed by atoms with Crippen LogP contribution in [0.3, 0.4) is 0 Å². The molecule has 0 aliphatic heterocycles. The molecule has 0 aliphatic rings. The number of nitrogens with two attached hydrogens (primary N) is 1. The standard InChI is InChI=1S/C12H19NO2S/c1-3-4-10(2)9-16(14,15)12-7-5-11(13)6-8-12/h5-8,10H,3-4,9,13H2,1-2H3. The topological polar surface area (TPSA) is 60.2 Å². The fraction of sp³-hybridized carbons (Fsp3) is 0.500. The first-order valence-corrected chi connectivity index (χ1v) is 7.19. The van der Waals surface area contributed by atoms with Crippen LogP contribution in [0.25, 0.3) is 0 Å². The van der Waals surface area contributed by atoms with Crippen LogP contribution in [-0.2, 0) is 9.84 Å². The number of rotatable bonds is 5. The van der Waals surface area contributed by atoms with Gasteiger partial charge in [-0.15, -0.1) is 0 Å². The number of hydrogen-bond acceptors (Lipinski definition) is 3. The lowest BCUT2D eigenvalue weighted by atomic mass is 10.1. The molecule has 0 fully saturated rings. The Labute approximate surface area is 97.6 Å². The number of hydrogen-bond donors (Lipinski definition) is 1. The smallest absolute Gasteiger partial charge is 0.178 e. The Morgan fingerprint density at radius 1 is 1.25 bits per heavy atom. The van der Waals surface area contributed by atoms with E-state index in [1.165, 1.54) is 0 Å². The zero-order valence-corrected chi connectivity index (χ0v) is 10.6. The number of anilines is 1.